The Morgan fingerprint density at radius 1 is 1.02 bits per heavy atom. The van der Waals surface area contributed by atoms with Gasteiger partial charge >= 0.3 is 18.3 Å². The van der Waals surface area contributed by atoms with Crippen LogP contribution in [-0.4, -0.2) is 90.9 Å². The van der Waals surface area contributed by atoms with Gasteiger partial charge in [0.2, 0.25) is 0 Å². The second kappa shape index (κ2) is 16.3. The van der Waals surface area contributed by atoms with Gasteiger partial charge in [0.1, 0.15) is 41.6 Å². The molecule has 0 radical (unpaired) electrons. The maximum Gasteiger partial charge on any atom is 0.513 e. The summed E-state index contributed by atoms with van der Waals surface area (Å²) in [5.74, 6) is 1.05. The number of nitro benzene ring substituents is 1. The predicted molar refractivity (Wildman–Crippen MR) is 227 cm³/mol. The largest absolute Gasteiger partial charge is 0.513 e. The van der Waals surface area contributed by atoms with Gasteiger partial charge in [-0.2, -0.15) is 9.97 Å². The molecule has 5 aromatic rings. The Hall–Kier alpha value is -6.47. The number of nitrogens with zero attached hydrogens (tertiary/aromatic N) is 6. The van der Waals surface area contributed by atoms with Gasteiger partial charge in [-0.25, -0.2) is 18.4 Å². The molecule has 16 heteroatoms. The number of ether oxygens (including phenoxy) is 4. The van der Waals surface area contributed by atoms with E-state index < -0.39 is 33.9 Å². The number of hydrogen-bond acceptors (Lipinski definition) is 12. The van der Waals surface area contributed by atoms with Crippen molar-refractivity contribution in [3.63, 3.8) is 0 Å². The lowest BCUT2D eigenvalue weighted by atomic mass is 9.86. The van der Waals surface area contributed by atoms with Crippen molar-refractivity contribution in [2.24, 2.45) is 0 Å². The quantitative estimate of drug-likeness (QED) is 0.0455. The highest BCUT2D eigenvalue weighted by Crippen LogP contribution is 2.47. The normalized spacial score (nSPS) is 23.1. The molecular formula is C47H46F2N6O8. The molecule has 63 heavy (non-hydrogen) atoms. The number of non-ortho nitro benzene ring substituents is 1. The van der Waals surface area contributed by atoms with Crippen LogP contribution in [-0.2, 0) is 9.47 Å². The van der Waals surface area contributed by atoms with Crippen molar-refractivity contribution in [1.82, 2.24) is 24.8 Å². The van der Waals surface area contributed by atoms with Gasteiger partial charge in [0, 0.05) is 58.7 Å². The van der Waals surface area contributed by atoms with Gasteiger partial charge in [-0.05, 0) is 102 Å². The number of amides is 1. The van der Waals surface area contributed by atoms with Crippen LogP contribution in [0, 0.1) is 34.1 Å². The average molecular weight is 861 g/mol. The maximum atomic E-state index is 17.3. The first-order valence-corrected chi connectivity index (χ1v) is 21.3. The van der Waals surface area contributed by atoms with E-state index in [0.29, 0.717) is 46.7 Å². The van der Waals surface area contributed by atoms with Gasteiger partial charge in [0.25, 0.3) is 5.69 Å². The smallest absolute Gasteiger partial charge is 0.461 e. The first-order valence-electron chi connectivity index (χ1n) is 21.3. The molecule has 2 unspecified atom stereocenters. The van der Waals surface area contributed by atoms with Crippen LogP contribution in [0.4, 0.5) is 24.1 Å². The Bertz CT molecular complexity index is 2670. The number of hydrogen-bond donors (Lipinski definition) is 0. The van der Waals surface area contributed by atoms with Gasteiger partial charge in [-0.15, -0.1) is 6.42 Å². The van der Waals surface area contributed by atoms with E-state index in [4.69, 9.17) is 35.3 Å². The zero-order chi connectivity index (χ0) is 44.2. The summed E-state index contributed by atoms with van der Waals surface area (Å²) in [5, 5.41) is 12.4. The zero-order valence-corrected chi connectivity index (χ0v) is 35.1. The van der Waals surface area contributed by atoms with E-state index in [-0.39, 0.29) is 77.6 Å². The Morgan fingerprint density at radius 2 is 1.78 bits per heavy atom. The van der Waals surface area contributed by atoms with Crippen molar-refractivity contribution in [2.45, 2.75) is 107 Å². The summed E-state index contributed by atoms with van der Waals surface area (Å²) in [4.78, 5) is 54.9. The standard InChI is InChI=1S/C47H46F2N6O8/c1-5-34-37(48)17-10-27-8-6-9-35(38(27)34)41-39(49)42-36(24-50-41)40(28-22-30-11-12-31(23-28)54(30)44(56)63-46(2,3)4)51-43(52-42)61-26-47-19-7-21-53(47)32(18-20-47)25-60-45(57)62-33-15-13-29(14-16-33)55(58)59/h1,6,8-10,13-17,24,28,30-32H,7,11-12,18-23,25-26H2,2-4H3/t28?,30?,31?,32-,47-/m0/s1. The van der Waals surface area contributed by atoms with Gasteiger partial charge < -0.3 is 23.8 Å². The molecule has 0 aliphatic carbocycles. The van der Waals surface area contributed by atoms with Crippen LogP contribution in [0.2, 0.25) is 0 Å². The number of fused-ring (bicyclic) bond motifs is 5. The lowest BCUT2D eigenvalue weighted by Crippen LogP contribution is -2.48. The fourth-order valence-electron chi connectivity index (χ4n) is 10.2. The molecular weight excluding hydrogens is 815 g/mol. The fraction of sp³-hybridized carbons (Fsp3) is 0.426. The van der Waals surface area contributed by atoms with Crippen molar-refractivity contribution in [3.8, 4) is 35.4 Å². The number of halogens is 2. The molecule has 0 spiro atoms. The van der Waals surface area contributed by atoms with E-state index in [2.05, 4.69) is 15.8 Å². The number of carbonyl (C=O) groups is 2. The predicted octanol–water partition coefficient (Wildman–Crippen LogP) is 9.25. The molecule has 2 aromatic heterocycles. The number of piperidine rings is 1. The van der Waals surface area contributed by atoms with E-state index in [9.17, 15) is 19.7 Å². The summed E-state index contributed by atoms with van der Waals surface area (Å²) >= 11 is 0. The first kappa shape index (κ1) is 41.9. The highest BCUT2D eigenvalue weighted by molar-refractivity contribution is 6.01. The van der Waals surface area contributed by atoms with E-state index >= 15 is 8.78 Å². The summed E-state index contributed by atoms with van der Waals surface area (Å²) in [5.41, 5.74) is -0.339. The monoisotopic (exact) mass is 860 g/mol. The molecule has 4 aliphatic heterocycles. The van der Waals surface area contributed by atoms with Crippen molar-refractivity contribution < 1.29 is 42.2 Å². The molecule has 9 rings (SSSR count). The number of terminal acetylenes is 1. The summed E-state index contributed by atoms with van der Waals surface area (Å²) in [6.45, 7) is 6.54. The molecule has 0 N–H and O–H groups in total. The van der Waals surface area contributed by atoms with E-state index in [1.165, 1.54) is 30.3 Å². The molecule has 4 atom stereocenters. The summed E-state index contributed by atoms with van der Waals surface area (Å²) < 4.78 is 55.4. The van der Waals surface area contributed by atoms with Crippen LogP contribution in [0.5, 0.6) is 11.8 Å². The Labute approximate surface area is 362 Å². The number of benzene rings is 3. The maximum absolute atomic E-state index is 17.3. The minimum atomic E-state index is -0.917. The first-order chi connectivity index (χ1) is 30.2. The van der Waals surface area contributed by atoms with Crippen LogP contribution in [0.3, 0.4) is 0 Å². The van der Waals surface area contributed by atoms with E-state index in [1.54, 1.807) is 30.5 Å². The molecule has 14 nitrogen and oxygen atoms in total. The van der Waals surface area contributed by atoms with Gasteiger partial charge in [-0.3, -0.25) is 20.0 Å². The summed E-state index contributed by atoms with van der Waals surface area (Å²) in [6, 6.07) is 12.9. The molecule has 1 amide bonds. The zero-order valence-electron chi connectivity index (χ0n) is 35.1. The molecule has 6 heterocycles. The van der Waals surface area contributed by atoms with Crippen LogP contribution in [0.15, 0.2) is 60.8 Å². The average Bonchev–Trinajstić information content (AvgIpc) is 3.91. The topological polar surface area (TPSA) is 159 Å². The summed E-state index contributed by atoms with van der Waals surface area (Å²) in [6.07, 6.45) is 12.0. The Balaban J connectivity index is 1.01. The molecule has 4 aliphatic rings. The van der Waals surface area contributed by atoms with Crippen LogP contribution >= 0.6 is 0 Å². The molecule has 4 fully saturated rings. The lowest BCUT2D eigenvalue weighted by molar-refractivity contribution is -0.384. The molecule has 2 bridgehead atoms. The van der Waals surface area contributed by atoms with Gasteiger partial charge in [-0.1, -0.05) is 30.2 Å². The lowest BCUT2D eigenvalue weighted by Gasteiger charge is -2.39. The number of carbonyl (C=O) groups excluding carboxylic acids is 2. The third kappa shape index (κ3) is 7.94. The number of aromatic nitrogens is 3. The third-order valence-electron chi connectivity index (χ3n) is 13.0. The number of rotatable bonds is 9. The molecule has 326 valence electrons. The minimum Gasteiger partial charge on any atom is -0.461 e. The van der Waals surface area contributed by atoms with Crippen molar-refractivity contribution in [2.75, 3.05) is 19.8 Å². The van der Waals surface area contributed by atoms with Crippen molar-refractivity contribution >= 4 is 39.6 Å². The van der Waals surface area contributed by atoms with Crippen LogP contribution in [0.25, 0.3) is 32.9 Å². The molecule has 4 saturated heterocycles. The SMILES string of the molecule is C#Cc1c(F)ccc2cccc(-c3ncc4c(C5CC6CCC(C5)N6C(=O)OC(C)(C)C)nc(OC[C@@]56CCCN5[C@H](COC(=O)Oc5ccc([N+](=O)[O-])cc5)CC6)nc4c3F)c12. The molecule has 3 aromatic carbocycles. The minimum absolute atomic E-state index is 0.00240. The third-order valence-corrected chi connectivity index (χ3v) is 13.0. The Morgan fingerprint density at radius 3 is 2.49 bits per heavy atom. The summed E-state index contributed by atoms with van der Waals surface area (Å²) in [7, 11) is 0. The molecule has 0 saturated carbocycles. The van der Waals surface area contributed by atoms with Crippen LogP contribution < -0.4 is 9.47 Å². The van der Waals surface area contributed by atoms with Gasteiger partial charge in [0.05, 0.1) is 21.7 Å². The van der Waals surface area contributed by atoms with Crippen molar-refractivity contribution in [3.05, 3.63) is 93.8 Å². The van der Waals surface area contributed by atoms with Crippen LogP contribution in [0.1, 0.15) is 89.3 Å². The van der Waals surface area contributed by atoms with Crippen molar-refractivity contribution in [1.29, 1.82) is 0 Å². The number of nitro groups is 1. The highest BCUT2D eigenvalue weighted by Gasteiger charge is 2.51. The Kier molecular flexibility index (Phi) is 10.9. The highest BCUT2D eigenvalue weighted by atomic mass is 19.1. The fourth-order valence-corrected chi connectivity index (χ4v) is 10.2. The van der Waals surface area contributed by atoms with Gasteiger partial charge in [0.15, 0.2) is 5.82 Å². The number of pyridine rings is 1. The van der Waals surface area contributed by atoms with E-state index in [1.807, 2.05) is 25.7 Å². The second-order valence-electron chi connectivity index (χ2n) is 17.9. The second-order valence-corrected chi connectivity index (χ2v) is 17.9. The van der Waals surface area contributed by atoms with E-state index in [0.717, 1.165) is 38.6 Å².